The van der Waals surface area contributed by atoms with Gasteiger partial charge in [-0.2, -0.15) is 0 Å². The van der Waals surface area contributed by atoms with Crippen LogP contribution in [0.5, 0.6) is 0 Å². The smallest absolute Gasteiger partial charge is 0.304 e. The molecule has 0 aliphatic heterocycles. The van der Waals surface area contributed by atoms with E-state index in [0.717, 1.165) is 24.8 Å². The van der Waals surface area contributed by atoms with E-state index in [9.17, 15) is 14.9 Å². The fraction of sp³-hybridized carbons (Fsp3) is 0.737. The molecule has 0 fully saturated rings. The minimum absolute atomic E-state index is 0.171. The van der Waals surface area contributed by atoms with Crippen LogP contribution in [0.15, 0.2) is 23.8 Å². The number of hydrogen-bond donors (Lipinski definition) is 1. The molecule has 5 nitrogen and oxygen atoms in total. The summed E-state index contributed by atoms with van der Waals surface area (Å²) in [6.07, 6.45) is 13.9. The van der Waals surface area contributed by atoms with Crippen LogP contribution in [0.4, 0.5) is 0 Å². The highest BCUT2D eigenvalue weighted by atomic mass is 16.6. The van der Waals surface area contributed by atoms with Gasteiger partial charge < -0.3 is 5.11 Å². The predicted molar refractivity (Wildman–Crippen MR) is 95.5 cm³/mol. The third-order valence-corrected chi connectivity index (χ3v) is 4.90. The number of unbranched alkanes of at least 4 members (excludes halogenated alkanes) is 2. The highest BCUT2D eigenvalue weighted by molar-refractivity contribution is 5.68. The largest absolute Gasteiger partial charge is 0.481 e. The second-order valence-corrected chi connectivity index (χ2v) is 6.80. The van der Waals surface area contributed by atoms with Crippen molar-refractivity contribution >= 4 is 5.97 Å². The van der Waals surface area contributed by atoms with Gasteiger partial charge in [0, 0.05) is 4.92 Å². The summed E-state index contributed by atoms with van der Waals surface area (Å²) in [4.78, 5) is 22.0. The van der Waals surface area contributed by atoms with Gasteiger partial charge in [-0.05, 0) is 24.8 Å². The summed E-state index contributed by atoms with van der Waals surface area (Å²) in [6.45, 7) is 4.38. The maximum Gasteiger partial charge on any atom is 0.304 e. The first-order chi connectivity index (χ1) is 11.5. The first-order valence-corrected chi connectivity index (χ1v) is 9.22. The number of carboxylic acids is 1. The quantitative estimate of drug-likeness (QED) is 0.309. The van der Waals surface area contributed by atoms with Crippen LogP contribution in [0.2, 0.25) is 0 Å². The van der Waals surface area contributed by atoms with Crippen LogP contribution in [0, 0.1) is 22.0 Å². The van der Waals surface area contributed by atoms with Crippen LogP contribution in [0.1, 0.15) is 71.6 Å². The van der Waals surface area contributed by atoms with Crippen LogP contribution in [0.3, 0.4) is 0 Å². The van der Waals surface area contributed by atoms with Gasteiger partial charge in [0.15, 0.2) is 0 Å². The normalized spacial score (nSPS) is 21.3. The lowest BCUT2D eigenvalue weighted by Gasteiger charge is -2.25. The van der Waals surface area contributed by atoms with E-state index >= 15 is 0 Å². The Balaban J connectivity index is 2.70. The van der Waals surface area contributed by atoms with Gasteiger partial charge in [-0.15, -0.1) is 0 Å². The van der Waals surface area contributed by atoms with Crippen molar-refractivity contribution in [2.24, 2.45) is 11.8 Å². The van der Waals surface area contributed by atoms with E-state index in [1.54, 1.807) is 6.08 Å². The van der Waals surface area contributed by atoms with Gasteiger partial charge in [-0.3, -0.25) is 14.9 Å². The number of rotatable bonds is 12. The van der Waals surface area contributed by atoms with Gasteiger partial charge in [0.25, 0.3) is 0 Å². The molecule has 0 saturated heterocycles. The molecule has 0 aromatic heterocycles. The van der Waals surface area contributed by atoms with E-state index in [-0.39, 0.29) is 11.3 Å². The zero-order valence-corrected chi connectivity index (χ0v) is 14.9. The number of aliphatic carboxylic acids is 1. The first kappa shape index (κ1) is 20.4. The molecule has 1 rings (SSSR count). The Hall–Kier alpha value is -1.65. The summed E-state index contributed by atoms with van der Waals surface area (Å²) in [5.74, 6) is -0.852. The van der Waals surface area contributed by atoms with Gasteiger partial charge in [-0.25, -0.2) is 0 Å². The molecule has 0 spiro atoms. The standard InChI is InChI=1S/C19H31NO4/c1-3-5-6-9-15(8-4-2)12-13-16-10-7-11-18(20(23)24)17(16)14-19(21)22/h7,10-11,15,17-18H,3-6,8-9,12-14H2,1-2H3,(H,21,22). The van der Waals surface area contributed by atoms with Gasteiger partial charge >= 0.3 is 5.97 Å². The van der Waals surface area contributed by atoms with Crippen molar-refractivity contribution in [1.29, 1.82) is 0 Å². The average Bonchev–Trinajstić information content (AvgIpc) is 2.53. The van der Waals surface area contributed by atoms with Crippen molar-refractivity contribution < 1.29 is 14.8 Å². The Bertz CT molecular complexity index is 470. The number of carboxylic acid groups (broad SMARTS) is 1. The van der Waals surface area contributed by atoms with E-state index in [1.807, 2.05) is 6.08 Å². The molecule has 0 amide bonds. The molecule has 24 heavy (non-hydrogen) atoms. The topological polar surface area (TPSA) is 80.4 Å². The lowest BCUT2D eigenvalue weighted by molar-refractivity contribution is -0.517. The maximum atomic E-state index is 11.2. The predicted octanol–water partition coefficient (Wildman–Crippen LogP) is 5.00. The van der Waals surface area contributed by atoms with Crippen molar-refractivity contribution in [2.75, 3.05) is 0 Å². The number of hydrogen-bond acceptors (Lipinski definition) is 3. The van der Waals surface area contributed by atoms with Crippen LogP contribution < -0.4 is 0 Å². The molecule has 0 aromatic carbocycles. The molecule has 1 N–H and O–H groups in total. The number of allylic oxidation sites excluding steroid dienone is 2. The van der Waals surface area contributed by atoms with Gasteiger partial charge in [0.05, 0.1) is 12.3 Å². The molecule has 0 aromatic rings. The molecule has 3 atom stereocenters. The maximum absolute atomic E-state index is 11.2. The summed E-state index contributed by atoms with van der Waals surface area (Å²) < 4.78 is 0. The molecule has 0 radical (unpaired) electrons. The lowest BCUT2D eigenvalue weighted by Crippen LogP contribution is -2.32. The Labute approximate surface area is 145 Å². The van der Waals surface area contributed by atoms with Gasteiger partial charge in [-0.1, -0.05) is 70.1 Å². The van der Waals surface area contributed by atoms with Gasteiger partial charge in [0.2, 0.25) is 6.04 Å². The summed E-state index contributed by atoms with van der Waals surface area (Å²) in [7, 11) is 0. The summed E-state index contributed by atoms with van der Waals surface area (Å²) in [5, 5.41) is 20.4. The fourth-order valence-electron chi connectivity index (χ4n) is 3.59. The van der Waals surface area contributed by atoms with E-state index < -0.39 is 17.9 Å². The monoisotopic (exact) mass is 337 g/mol. The molecule has 1 aliphatic carbocycles. The summed E-state index contributed by atoms with van der Waals surface area (Å²) in [5.41, 5.74) is 0.929. The van der Waals surface area contributed by atoms with Crippen molar-refractivity contribution in [3.05, 3.63) is 33.9 Å². The summed E-state index contributed by atoms with van der Waals surface area (Å²) >= 11 is 0. The highest BCUT2D eigenvalue weighted by Gasteiger charge is 2.35. The Morgan fingerprint density at radius 3 is 2.58 bits per heavy atom. The van der Waals surface area contributed by atoms with Crippen molar-refractivity contribution in [1.82, 2.24) is 0 Å². The number of nitrogens with zero attached hydrogens (tertiary/aromatic N) is 1. The molecule has 136 valence electrons. The summed E-state index contributed by atoms with van der Waals surface area (Å²) in [6, 6.07) is -0.911. The average molecular weight is 337 g/mol. The molecule has 0 heterocycles. The lowest BCUT2D eigenvalue weighted by atomic mass is 9.80. The first-order valence-electron chi connectivity index (χ1n) is 9.22. The number of carbonyl (C=O) groups is 1. The van der Waals surface area contributed by atoms with Crippen molar-refractivity contribution in [3.8, 4) is 0 Å². The molecule has 0 saturated carbocycles. The third-order valence-electron chi connectivity index (χ3n) is 4.90. The SMILES string of the molecule is CCCCCC(CCC)CCC1=CC=CC([N+](=O)[O-])C1CC(=O)O. The fourth-order valence-corrected chi connectivity index (χ4v) is 3.59. The van der Waals surface area contributed by atoms with Crippen LogP contribution in [-0.4, -0.2) is 22.0 Å². The van der Waals surface area contributed by atoms with Crippen molar-refractivity contribution in [3.63, 3.8) is 0 Å². The molecule has 3 unspecified atom stereocenters. The van der Waals surface area contributed by atoms with Crippen LogP contribution >= 0.6 is 0 Å². The third kappa shape index (κ3) is 6.85. The molecule has 0 bridgehead atoms. The molecule has 5 heteroatoms. The van der Waals surface area contributed by atoms with E-state index in [4.69, 9.17) is 5.11 Å². The second-order valence-electron chi connectivity index (χ2n) is 6.80. The minimum Gasteiger partial charge on any atom is -0.481 e. The van der Waals surface area contributed by atoms with E-state index in [0.29, 0.717) is 5.92 Å². The van der Waals surface area contributed by atoms with Crippen molar-refractivity contribution in [2.45, 2.75) is 77.7 Å². The second kappa shape index (κ2) is 11.0. The highest BCUT2D eigenvalue weighted by Crippen LogP contribution is 2.32. The zero-order chi connectivity index (χ0) is 17.9. The minimum atomic E-state index is -0.971. The molecule has 1 aliphatic rings. The Morgan fingerprint density at radius 1 is 1.25 bits per heavy atom. The Kier molecular flexibility index (Phi) is 9.35. The van der Waals surface area contributed by atoms with Crippen LogP contribution in [-0.2, 0) is 4.79 Å². The van der Waals surface area contributed by atoms with Gasteiger partial charge in [0.1, 0.15) is 0 Å². The zero-order valence-electron chi connectivity index (χ0n) is 14.9. The van der Waals surface area contributed by atoms with E-state index in [2.05, 4.69) is 13.8 Å². The molecular weight excluding hydrogens is 306 g/mol. The van der Waals surface area contributed by atoms with Crippen LogP contribution in [0.25, 0.3) is 0 Å². The molecular formula is C19H31NO4. The van der Waals surface area contributed by atoms with E-state index in [1.165, 1.54) is 38.2 Å². The number of nitro groups is 1. The Morgan fingerprint density at radius 2 is 2.00 bits per heavy atom.